The molecule has 0 spiro atoms. The summed E-state index contributed by atoms with van der Waals surface area (Å²) in [4.78, 5) is 19.1. The van der Waals surface area contributed by atoms with Crippen molar-refractivity contribution in [1.82, 2.24) is 15.5 Å². The Morgan fingerprint density at radius 2 is 1.74 bits per heavy atom. The highest BCUT2D eigenvalue weighted by atomic mass is 19.2. The van der Waals surface area contributed by atoms with E-state index >= 15 is 0 Å². The first kappa shape index (κ1) is 22.5. The van der Waals surface area contributed by atoms with Gasteiger partial charge in [-0.1, -0.05) is 66.7 Å². The number of halogens is 2. The minimum Gasteiger partial charge on any atom is -0.334 e. The largest absolute Gasteiger partial charge is 0.334 e. The van der Waals surface area contributed by atoms with Crippen molar-refractivity contribution in [3.05, 3.63) is 107 Å². The predicted octanol–water partition coefficient (Wildman–Crippen LogP) is 6.28. The SMILES string of the molecule is CCc1ccc(C2NC(=O)N(c3ccc(F)c(F)c3)C(C)=C2c2nc(-c3ccccc3)no2)cc1. The van der Waals surface area contributed by atoms with Crippen molar-refractivity contribution in [3.8, 4) is 11.4 Å². The van der Waals surface area contributed by atoms with E-state index in [0.717, 1.165) is 35.2 Å². The van der Waals surface area contributed by atoms with Crippen molar-refractivity contribution in [2.75, 3.05) is 4.90 Å². The van der Waals surface area contributed by atoms with E-state index in [-0.39, 0.29) is 11.6 Å². The van der Waals surface area contributed by atoms with E-state index in [1.54, 1.807) is 6.92 Å². The van der Waals surface area contributed by atoms with Gasteiger partial charge in [-0.3, -0.25) is 4.90 Å². The van der Waals surface area contributed by atoms with Gasteiger partial charge >= 0.3 is 6.03 Å². The summed E-state index contributed by atoms with van der Waals surface area (Å²) < 4.78 is 33.3. The van der Waals surface area contributed by atoms with Crippen LogP contribution in [0.25, 0.3) is 17.0 Å². The third-order valence-corrected chi connectivity index (χ3v) is 6.06. The average Bonchev–Trinajstić information content (AvgIpc) is 3.36. The van der Waals surface area contributed by atoms with Gasteiger partial charge in [-0.05, 0) is 36.6 Å². The van der Waals surface area contributed by atoms with E-state index in [1.165, 1.54) is 11.0 Å². The number of anilines is 1. The monoisotopic (exact) mass is 472 g/mol. The van der Waals surface area contributed by atoms with Gasteiger partial charge in [0.25, 0.3) is 5.89 Å². The van der Waals surface area contributed by atoms with Gasteiger partial charge < -0.3 is 9.84 Å². The topological polar surface area (TPSA) is 71.3 Å². The van der Waals surface area contributed by atoms with Gasteiger partial charge in [0, 0.05) is 17.3 Å². The molecule has 1 aliphatic rings. The Morgan fingerprint density at radius 1 is 1.00 bits per heavy atom. The summed E-state index contributed by atoms with van der Waals surface area (Å²) in [6.07, 6.45) is 0.882. The minimum absolute atomic E-state index is 0.180. The van der Waals surface area contributed by atoms with Gasteiger partial charge in [-0.2, -0.15) is 4.98 Å². The average molecular weight is 472 g/mol. The van der Waals surface area contributed by atoms with Crippen molar-refractivity contribution in [1.29, 1.82) is 0 Å². The van der Waals surface area contributed by atoms with Crippen LogP contribution in [0.5, 0.6) is 0 Å². The predicted molar refractivity (Wildman–Crippen MR) is 128 cm³/mol. The lowest BCUT2D eigenvalue weighted by atomic mass is 9.93. The molecule has 2 amide bonds. The number of rotatable bonds is 5. The van der Waals surface area contributed by atoms with Crippen LogP contribution in [0.1, 0.15) is 36.9 Å². The number of allylic oxidation sites excluding steroid dienone is 1. The molecular weight excluding hydrogens is 450 g/mol. The molecule has 1 aliphatic heterocycles. The van der Waals surface area contributed by atoms with E-state index in [9.17, 15) is 13.6 Å². The molecule has 0 aliphatic carbocycles. The molecule has 176 valence electrons. The lowest BCUT2D eigenvalue weighted by Gasteiger charge is -2.35. The summed E-state index contributed by atoms with van der Waals surface area (Å²) in [6, 6.07) is 19.5. The van der Waals surface area contributed by atoms with Crippen molar-refractivity contribution >= 4 is 17.3 Å². The Hall–Kier alpha value is -4.33. The quantitative estimate of drug-likeness (QED) is 0.371. The highest BCUT2D eigenvalue weighted by Gasteiger charge is 2.36. The Kier molecular flexibility index (Phi) is 5.86. The fraction of sp³-hybridized carbons (Fsp3) is 0.148. The summed E-state index contributed by atoms with van der Waals surface area (Å²) in [6.45, 7) is 3.78. The van der Waals surface area contributed by atoms with E-state index in [1.807, 2.05) is 54.6 Å². The maximum Gasteiger partial charge on any atom is 0.327 e. The Morgan fingerprint density at radius 3 is 2.43 bits per heavy atom. The van der Waals surface area contributed by atoms with Gasteiger partial charge in [0.2, 0.25) is 5.82 Å². The van der Waals surface area contributed by atoms with Gasteiger partial charge in [0.1, 0.15) is 0 Å². The first-order valence-electron chi connectivity index (χ1n) is 11.2. The highest BCUT2D eigenvalue weighted by Crippen LogP contribution is 2.39. The second-order valence-electron chi connectivity index (χ2n) is 8.20. The number of hydrogen-bond donors (Lipinski definition) is 1. The molecule has 1 atom stereocenters. The summed E-state index contributed by atoms with van der Waals surface area (Å²) in [7, 11) is 0. The molecule has 8 heteroatoms. The molecule has 0 fully saturated rings. The van der Waals surface area contributed by atoms with Crippen LogP contribution in [0.3, 0.4) is 0 Å². The van der Waals surface area contributed by atoms with Gasteiger partial charge in [0.15, 0.2) is 11.6 Å². The van der Waals surface area contributed by atoms with Crippen LogP contribution in [-0.4, -0.2) is 16.2 Å². The molecule has 1 unspecified atom stereocenters. The lowest BCUT2D eigenvalue weighted by molar-refractivity contribution is 0.244. The molecule has 5 rings (SSSR count). The molecule has 6 nitrogen and oxygen atoms in total. The highest BCUT2D eigenvalue weighted by molar-refractivity contribution is 6.01. The first-order chi connectivity index (χ1) is 17.0. The second kappa shape index (κ2) is 9.13. The third kappa shape index (κ3) is 4.19. The normalized spacial score (nSPS) is 15.9. The van der Waals surface area contributed by atoms with E-state index in [4.69, 9.17) is 4.52 Å². The molecule has 0 bridgehead atoms. The molecule has 2 heterocycles. The number of carbonyl (C=O) groups excluding carboxylic acids is 1. The van der Waals surface area contributed by atoms with Gasteiger partial charge in [0.05, 0.1) is 17.3 Å². The Bertz CT molecular complexity index is 1410. The smallest absolute Gasteiger partial charge is 0.327 e. The van der Waals surface area contributed by atoms with Crippen molar-refractivity contribution in [3.63, 3.8) is 0 Å². The maximum atomic E-state index is 14.0. The fourth-order valence-corrected chi connectivity index (χ4v) is 4.19. The van der Waals surface area contributed by atoms with Gasteiger partial charge in [-0.25, -0.2) is 13.6 Å². The number of aromatic nitrogens is 2. The minimum atomic E-state index is -1.05. The van der Waals surface area contributed by atoms with Crippen molar-refractivity contribution in [2.24, 2.45) is 0 Å². The number of nitrogens with one attached hydrogen (secondary N) is 1. The second-order valence-corrected chi connectivity index (χ2v) is 8.20. The summed E-state index contributed by atoms with van der Waals surface area (Å²) in [5.74, 6) is -1.42. The Labute approximate surface area is 200 Å². The molecule has 35 heavy (non-hydrogen) atoms. The lowest BCUT2D eigenvalue weighted by Crippen LogP contribution is -2.46. The van der Waals surface area contributed by atoms with Crippen LogP contribution in [0, 0.1) is 11.6 Å². The standard InChI is InChI=1S/C27H22F2N4O2/c1-3-17-9-11-18(12-10-17)24-23(26-31-25(32-35-26)19-7-5-4-6-8-19)16(2)33(27(34)30-24)20-13-14-21(28)22(29)15-20/h4-15,24H,3H2,1-2H3,(H,30,34). The van der Waals surface area contributed by atoms with Crippen LogP contribution < -0.4 is 10.2 Å². The zero-order valence-electron chi connectivity index (χ0n) is 19.1. The first-order valence-corrected chi connectivity index (χ1v) is 11.2. The Balaban J connectivity index is 1.65. The zero-order valence-corrected chi connectivity index (χ0v) is 19.1. The van der Waals surface area contributed by atoms with E-state index < -0.39 is 23.7 Å². The van der Waals surface area contributed by atoms with Crippen molar-refractivity contribution in [2.45, 2.75) is 26.3 Å². The molecule has 1 aromatic heterocycles. The molecule has 4 aromatic rings. The van der Waals surface area contributed by atoms with E-state index in [0.29, 0.717) is 17.1 Å². The van der Waals surface area contributed by atoms with Crippen LogP contribution in [0.15, 0.2) is 83.0 Å². The van der Waals surface area contributed by atoms with Crippen LogP contribution >= 0.6 is 0 Å². The number of carbonyl (C=O) groups is 1. The number of amides is 2. The van der Waals surface area contributed by atoms with Crippen LogP contribution in [0.2, 0.25) is 0 Å². The molecule has 1 N–H and O–H groups in total. The van der Waals surface area contributed by atoms with Gasteiger partial charge in [-0.15, -0.1) is 0 Å². The zero-order chi connectivity index (χ0) is 24.5. The van der Waals surface area contributed by atoms with E-state index in [2.05, 4.69) is 22.4 Å². The number of benzene rings is 3. The molecule has 3 aromatic carbocycles. The summed E-state index contributed by atoms with van der Waals surface area (Å²) in [5, 5.41) is 7.10. The summed E-state index contributed by atoms with van der Waals surface area (Å²) in [5.41, 5.74) is 3.97. The molecule has 0 saturated carbocycles. The fourth-order valence-electron chi connectivity index (χ4n) is 4.19. The number of hydrogen-bond acceptors (Lipinski definition) is 4. The number of nitrogens with zero attached hydrogens (tertiary/aromatic N) is 3. The van der Waals surface area contributed by atoms with Crippen molar-refractivity contribution < 1.29 is 18.1 Å². The van der Waals surface area contributed by atoms with Crippen LogP contribution in [0.4, 0.5) is 19.3 Å². The maximum absolute atomic E-state index is 14.0. The summed E-state index contributed by atoms with van der Waals surface area (Å²) >= 11 is 0. The third-order valence-electron chi connectivity index (χ3n) is 6.06. The number of aryl methyl sites for hydroxylation is 1. The molecular formula is C27H22F2N4O2. The number of urea groups is 1. The molecule has 0 saturated heterocycles. The van der Waals surface area contributed by atoms with Crippen LogP contribution in [-0.2, 0) is 6.42 Å². The molecule has 0 radical (unpaired) electrons.